The summed E-state index contributed by atoms with van der Waals surface area (Å²) < 4.78 is 13.6. The molecule has 0 aromatic heterocycles. The van der Waals surface area contributed by atoms with Crippen LogP contribution in [0.15, 0.2) is 34.3 Å². The van der Waals surface area contributed by atoms with Gasteiger partial charge in [0, 0.05) is 26.2 Å². The summed E-state index contributed by atoms with van der Waals surface area (Å²) in [5.41, 5.74) is 0. The molecule has 33 heavy (non-hydrogen) atoms. The Kier molecular flexibility index (Phi) is 11.0. The number of ether oxygens (including phenoxy) is 3. The van der Waals surface area contributed by atoms with E-state index in [1.165, 1.54) is 24.1 Å². The maximum atomic E-state index is 11.6. The van der Waals surface area contributed by atoms with E-state index in [4.69, 9.17) is 4.74 Å². The van der Waals surface area contributed by atoms with Crippen molar-refractivity contribution in [1.29, 1.82) is 0 Å². The first-order valence-electron chi connectivity index (χ1n) is 9.35. The molecule has 13 heteroatoms. The van der Waals surface area contributed by atoms with E-state index in [0.29, 0.717) is 12.9 Å². The molecular weight excluding hydrogens is 440 g/mol. The first-order chi connectivity index (χ1) is 15.7. The lowest BCUT2D eigenvalue weighted by Crippen LogP contribution is -2.30. The standard InChI is InChI=1S/C9H9NO3.C5H5NO2.2C3H5NO2/c1-10-8(11)6-4-2-3-5(13-4)7(6)9(10)12;1-6-4(7)2-3-5(6)8;2*1-4-2-6-3-5/h2-7H,1H3;2-3H,1H3;2*3H,1-2H2. The van der Waals surface area contributed by atoms with Crippen LogP contribution in [0.25, 0.3) is 0 Å². The zero-order valence-corrected chi connectivity index (χ0v) is 18.1. The molecule has 4 unspecified atom stereocenters. The maximum absolute atomic E-state index is 11.6. The zero-order chi connectivity index (χ0) is 25.0. The van der Waals surface area contributed by atoms with Crippen LogP contribution in [0, 0.1) is 11.8 Å². The van der Waals surface area contributed by atoms with Crippen LogP contribution >= 0.6 is 0 Å². The van der Waals surface area contributed by atoms with Crippen LogP contribution in [-0.2, 0) is 43.0 Å². The van der Waals surface area contributed by atoms with Crippen LogP contribution in [0.3, 0.4) is 0 Å². The molecule has 4 atom stereocenters. The van der Waals surface area contributed by atoms with Crippen molar-refractivity contribution in [2.45, 2.75) is 12.2 Å². The highest BCUT2D eigenvalue weighted by molar-refractivity contribution is 6.12. The predicted octanol–water partition coefficient (Wildman–Crippen LogP) is -1.27. The molecule has 0 radical (unpaired) electrons. The fourth-order valence-electron chi connectivity index (χ4n) is 3.09. The average molecular weight is 464 g/mol. The van der Waals surface area contributed by atoms with Crippen molar-refractivity contribution in [1.82, 2.24) is 9.80 Å². The van der Waals surface area contributed by atoms with E-state index in [0.717, 1.165) is 4.90 Å². The third-order valence-electron chi connectivity index (χ3n) is 4.63. The molecule has 0 aromatic rings. The summed E-state index contributed by atoms with van der Waals surface area (Å²) in [6.07, 6.45) is 5.96. The van der Waals surface area contributed by atoms with Gasteiger partial charge in [-0.1, -0.05) is 12.2 Å². The molecule has 0 spiro atoms. The minimum absolute atomic E-state index is 0.0590. The van der Waals surface area contributed by atoms with Crippen molar-refractivity contribution in [3.8, 4) is 0 Å². The summed E-state index contributed by atoms with van der Waals surface area (Å²) in [6, 6.07) is 0. The molecule has 4 amide bonds. The molecule has 2 saturated heterocycles. The summed E-state index contributed by atoms with van der Waals surface area (Å²) in [5, 5.41) is 0. The number of imide groups is 2. The number of carbonyl (C=O) groups is 6. The van der Waals surface area contributed by atoms with Crippen LogP contribution < -0.4 is 0 Å². The third-order valence-corrected chi connectivity index (χ3v) is 4.63. The number of nitrogens with zero attached hydrogens (tertiary/aromatic N) is 4. The van der Waals surface area contributed by atoms with Gasteiger partial charge in [0.2, 0.25) is 11.8 Å². The Balaban J connectivity index is 0.000000238. The smallest absolute Gasteiger partial charge is 0.294 e. The van der Waals surface area contributed by atoms with E-state index in [1.54, 1.807) is 7.05 Å². The predicted molar refractivity (Wildman–Crippen MR) is 113 cm³/mol. The van der Waals surface area contributed by atoms with E-state index in [9.17, 15) is 28.8 Å². The SMILES string of the molecule is C=NCOC=O.C=NCOC=O.CN1C(=O)C2C3C=CC(O3)C2C1=O.CN1C(=O)C=CC1=O. The Bertz CT molecular complexity index is 774. The van der Waals surface area contributed by atoms with Crippen molar-refractivity contribution in [3.63, 3.8) is 0 Å². The van der Waals surface area contributed by atoms with Gasteiger partial charge in [-0.3, -0.25) is 48.6 Å². The number of fused-ring (bicyclic) bond motifs is 5. The van der Waals surface area contributed by atoms with Crippen LogP contribution in [0.5, 0.6) is 0 Å². The molecule has 0 aliphatic carbocycles. The summed E-state index contributed by atoms with van der Waals surface area (Å²) in [5.74, 6) is -1.15. The van der Waals surface area contributed by atoms with Gasteiger partial charge in [-0.15, -0.1) is 0 Å². The van der Waals surface area contributed by atoms with Gasteiger partial charge in [0.25, 0.3) is 24.8 Å². The van der Waals surface area contributed by atoms with E-state index >= 15 is 0 Å². The van der Waals surface area contributed by atoms with Gasteiger partial charge in [-0.2, -0.15) is 0 Å². The highest BCUT2D eigenvalue weighted by Crippen LogP contribution is 2.44. The molecular formula is C20H24N4O9. The molecule has 0 N–H and O–H groups in total. The van der Waals surface area contributed by atoms with Gasteiger partial charge in [-0.25, -0.2) is 0 Å². The second-order valence-electron chi connectivity index (χ2n) is 6.54. The van der Waals surface area contributed by atoms with Gasteiger partial charge in [0.15, 0.2) is 13.5 Å². The molecule has 4 aliphatic rings. The molecule has 2 bridgehead atoms. The third kappa shape index (κ3) is 7.00. The molecule has 178 valence electrons. The van der Waals surface area contributed by atoms with Crippen LogP contribution in [-0.4, -0.2) is 99.6 Å². The normalized spacial score (nSPS) is 25.2. The van der Waals surface area contributed by atoms with Crippen molar-refractivity contribution < 1.29 is 43.0 Å². The number of likely N-dealkylation sites (N-methyl/N-ethyl adjacent to an activating group) is 1. The number of hydrogen-bond acceptors (Lipinski definition) is 11. The minimum atomic E-state index is -0.243. The Labute approximate surface area is 189 Å². The minimum Gasteiger partial charge on any atom is -0.445 e. The lowest BCUT2D eigenvalue weighted by atomic mass is 9.85. The second kappa shape index (κ2) is 13.4. The number of hydrogen-bond donors (Lipinski definition) is 0. The number of aliphatic imine (C=N–C) groups is 2. The molecule has 2 fully saturated rings. The zero-order valence-electron chi connectivity index (χ0n) is 18.1. The fraction of sp³-hybridized carbons (Fsp3) is 0.400. The Morgan fingerprint density at radius 3 is 1.48 bits per heavy atom. The van der Waals surface area contributed by atoms with Crippen LogP contribution in [0.4, 0.5) is 0 Å². The highest BCUT2D eigenvalue weighted by Gasteiger charge is 2.59. The molecule has 13 nitrogen and oxygen atoms in total. The van der Waals surface area contributed by atoms with Crippen molar-refractivity contribution in [3.05, 3.63) is 24.3 Å². The van der Waals surface area contributed by atoms with Crippen molar-refractivity contribution in [2.24, 2.45) is 21.8 Å². The van der Waals surface area contributed by atoms with Gasteiger partial charge in [0.05, 0.1) is 24.0 Å². The summed E-state index contributed by atoms with van der Waals surface area (Å²) >= 11 is 0. The van der Waals surface area contributed by atoms with Gasteiger partial charge >= 0.3 is 0 Å². The lowest BCUT2D eigenvalue weighted by molar-refractivity contribution is -0.141. The molecule has 0 saturated carbocycles. The number of carbonyl (C=O) groups excluding carboxylic acids is 6. The highest BCUT2D eigenvalue weighted by atomic mass is 16.5. The van der Waals surface area contributed by atoms with Crippen LogP contribution in [0.2, 0.25) is 0 Å². The van der Waals surface area contributed by atoms with Crippen LogP contribution in [0.1, 0.15) is 0 Å². The van der Waals surface area contributed by atoms with E-state index in [-0.39, 0.29) is 61.1 Å². The van der Waals surface area contributed by atoms with E-state index in [2.05, 4.69) is 32.9 Å². The molecule has 4 rings (SSSR count). The van der Waals surface area contributed by atoms with E-state index < -0.39 is 0 Å². The summed E-state index contributed by atoms with van der Waals surface area (Å²) in [4.78, 5) is 71.2. The van der Waals surface area contributed by atoms with E-state index in [1.807, 2.05) is 12.2 Å². The molecule has 0 aromatic carbocycles. The largest absolute Gasteiger partial charge is 0.445 e. The van der Waals surface area contributed by atoms with Gasteiger partial charge < -0.3 is 14.2 Å². The molecule has 4 aliphatic heterocycles. The average Bonchev–Trinajstić information content (AvgIpc) is 3.57. The Hall–Kier alpha value is -4.00. The number of rotatable bonds is 6. The fourth-order valence-corrected chi connectivity index (χ4v) is 3.09. The quantitative estimate of drug-likeness (QED) is 0.153. The van der Waals surface area contributed by atoms with Gasteiger partial charge in [0.1, 0.15) is 0 Å². The second-order valence-corrected chi connectivity index (χ2v) is 6.54. The topological polar surface area (TPSA) is 161 Å². The first kappa shape index (κ1) is 27.0. The molecule has 4 heterocycles. The number of amides is 4. The Morgan fingerprint density at radius 2 is 1.24 bits per heavy atom. The summed E-state index contributed by atoms with van der Waals surface area (Å²) in [7, 11) is 2.99. The van der Waals surface area contributed by atoms with Crippen molar-refractivity contribution in [2.75, 3.05) is 27.6 Å². The van der Waals surface area contributed by atoms with Crippen molar-refractivity contribution >= 4 is 50.0 Å². The van der Waals surface area contributed by atoms with Gasteiger partial charge in [-0.05, 0) is 13.4 Å². The lowest BCUT2D eigenvalue weighted by Gasteiger charge is -2.10. The monoisotopic (exact) mass is 464 g/mol. The Morgan fingerprint density at radius 1 is 0.848 bits per heavy atom. The summed E-state index contributed by atoms with van der Waals surface area (Å²) in [6.45, 7) is 6.90. The first-order valence-corrected chi connectivity index (χ1v) is 9.35. The maximum Gasteiger partial charge on any atom is 0.294 e. The number of likely N-dealkylation sites (tertiary alicyclic amines) is 1.